The average molecular weight is 324 g/mol. The highest BCUT2D eigenvalue weighted by Gasteiger charge is 2.38. The van der Waals surface area contributed by atoms with Crippen molar-refractivity contribution in [2.45, 2.75) is 18.7 Å². The second-order valence-electron chi connectivity index (χ2n) is 4.66. The van der Waals surface area contributed by atoms with Crippen molar-refractivity contribution in [3.63, 3.8) is 0 Å². The molecule has 116 valence electrons. The van der Waals surface area contributed by atoms with Crippen LogP contribution in [-0.2, 0) is 11.2 Å². The number of alkyl halides is 3. The van der Waals surface area contributed by atoms with E-state index < -0.39 is 37.9 Å². The van der Waals surface area contributed by atoms with Crippen LogP contribution < -0.4 is 4.74 Å². The van der Waals surface area contributed by atoms with Crippen LogP contribution in [0.2, 0.25) is 5.02 Å². The van der Waals surface area contributed by atoms with Crippen LogP contribution in [0.15, 0.2) is 18.2 Å². The third-order valence-corrected chi connectivity index (χ3v) is 3.26. The number of ether oxygens (including phenoxy) is 1. The van der Waals surface area contributed by atoms with Crippen molar-refractivity contribution in [2.75, 3.05) is 19.7 Å². The van der Waals surface area contributed by atoms with Gasteiger partial charge in [-0.1, -0.05) is 11.6 Å². The summed E-state index contributed by atoms with van der Waals surface area (Å²) in [6.45, 7) is -2.36. The summed E-state index contributed by atoms with van der Waals surface area (Å²) in [5.41, 5.74) is 0.678. The number of aliphatic hydroxyl groups is 1. The maximum atomic E-state index is 12.5. The zero-order chi connectivity index (χ0) is 15.6. The molecule has 0 saturated carbocycles. The van der Waals surface area contributed by atoms with E-state index in [9.17, 15) is 18.0 Å². The number of benzene rings is 1. The van der Waals surface area contributed by atoms with Crippen LogP contribution in [0.1, 0.15) is 5.56 Å². The molecule has 1 amide bonds. The van der Waals surface area contributed by atoms with Gasteiger partial charge in [0, 0.05) is 18.0 Å². The molecule has 8 heteroatoms. The molecule has 0 fully saturated rings. The molecule has 1 N–H and O–H groups in total. The molecular weight excluding hydrogens is 311 g/mol. The van der Waals surface area contributed by atoms with E-state index in [0.717, 1.165) is 0 Å². The molecule has 1 aliphatic rings. The smallest absolute Gasteiger partial charge is 0.406 e. The lowest BCUT2D eigenvalue weighted by atomic mass is 10.1. The van der Waals surface area contributed by atoms with Gasteiger partial charge in [-0.25, -0.2) is 0 Å². The lowest BCUT2D eigenvalue weighted by Gasteiger charge is -2.25. The highest BCUT2D eigenvalue weighted by atomic mass is 35.5. The fourth-order valence-corrected chi connectivity index (χ4v) is 2.36. The third kappa shape index (κ3) is 4.01. The number of carbonyl (C=O) groups is 1. The minimum atomic E-state index is -4.53. The number of nitrogens with zero attached hydrogens (tertiary/aromatic N) is 1. The van der Waals surface area contributed by atoms with Crippen molar-refractivity contribution < 1.29 is 27.8 Å². The molecule has 4 nitrogen and oxygen atoms in total. The molecule has 0 bridgehead atoms. The first-order valence-corrected chi connectivity index (χ1v) is 6.59. The predicted octanol–water partition coefficient (Wildman–Crippen LogP) is 2.03. The number of carbonyl (C=O) groups excluding carboxylic acids is 1. The Hall–Kier alpha value is -1.47. The standard InChI is InChI=1S/C13H13ClF3NO3/c14-9-1-2-10-8(5-9)6-11(21-10)12(20)18(3-4-19)7-13(15,16)17/h1-2,5,11,19H,3-4,6-7H2. The van der Waals surface area contributed by atoms with Crippen molar-refractivity contribution >= 4 is 17.5 Å². The first kappa shape index (κ1) is 15.9. The Morgan fingerprint density at radius 3 is 2.81 bits per heavy atom. The Kier molecular flexibility index (Phi) is 4.63. The summed E-state index contributed by atoms with van der Waals surface area (Å²) in [5, 5.41) is 9.28. The van der Waals surface area contributed by atoms with Crippen molar-refractivity contribution in [1.29, 1.82) is 0 Å². The van der Waals surface area contributed by atoms with E-state index >= 15 is 0 Å². The number of fused-ring (bicyclic) bond motifs is 1. The fraction of sp³-hybridized carbons (Fsp3) is 0.462. The van der Waals surface area contributed by atoms with Gasteiger partial charge in [-0.3, -0.25) is 4.79 Å². The average Bonchev–Trinajstić information content (AvgIpc) is 2.78. The van der Waals surface area contributed by atoms with E-state index in [1.165, 1.54) is 0 Å². The molecule has 0 aliphatic carbocycles. The van der Waals surface area contributed by atoms with Gasteiger partial charge < -0.3 is 14.7 Å². The van der Waals surface area contributed by atoms with Gasteiger partial charge in [-0.05, 0) is 23.8 Å². The molecule has 1 heterocycles. The number of amides is 1. The Balaban J connectivity index is 2.09. The molecule has 0 aromatic heterocycles. The molecule has 21 heavy (non-hydrogen) atoms. The van der Waals surface area contributed by atoms with Gasteiger partial charge in [-0.2, -0.15) is 13.2 Å². The van der Waals surface area contributed by atoms with Gasteiger partial charge in [0.1, 0.15) is 12.3 Å². The minimum Gasteiger partial charge on any atom is -0.480 e. The topological polar surface area (TPSA) is 49.8 Å². The van der Waals surface area contributed by atoms with Crippen LogP contribution in [0, 0.1) is 0 Å². The molecule has 0 radical (unpaired) electrons. The fourth-order valence-electron chi connectivity index (χ4n) is 2.16. The van der Waals surface area contributed by atoms with Crippen LogP contribution in [0.4, 0.5) is 13.2 Å². The Morgan fingerprint density at radius 2 is 2.19 bits per heavy atom. The van der Waals surface area contributed by atoms with E-state index in [-0.39, 0.29) is 6.42 Å². The first-order valence-electron chi connectivity index (χ1n) is 6.21. The quantitative estimate of drug-likeness (QED) is 0.922. The van der Waals surface area contributed by atoms with Crippen molar-refractivity contribution in [3.05, 3.63) is 28.8 Å². The first-order chi connectivity index (χ1) is 9.80. The summed E-state index contributed by atoms with van der Waals surface area (Å²) < 4.78 is 42.7. The Morgan fingerprint density at radius 1 is 1.48 bits per heavy atom. The third-order valence-electron chi connectivity index (χ3n) is 3.02. The molecule has 1 unspecified atom stereocenters. The number of aliphatic hydroxyl groups excluding tert-OH is 1. The molecule has 0 saturated heterocycles. The summed E-state index contributed by atoms with van der Waals surface area (Å²) in [4.78, 5) is 12.7. The SMILES string of the molecule is O=C(C1Cc2cc(Cl)ccc2O1)N(CCO)CC(F)(F)F. The van der Waals surface area contributed by atoms with E-state index in [2.05, 4.69) is 0 Å². The zero-order valence-corrected chi connectivity index (χ0v) is 11.6. The van der Waals surface area contributed by atoms with Crippen molar-refractivity contribution in [3.8, 4) is 5.75 Å². The van der Waals surface area contributed by atoms with Crippen LogP contribution in [0.3, 0.4) is 0 Å². The number of hydrogen-bond donors (Lipinski definition) is 1. The molecule has 1 aromatic carbocycles. The predicted molar refractivity (Wildman–Crippen MR) is 69.3 cm³/mol. The summed E-state index contributed by atoms with van der Waals surface area (Å²) >= 11 is 5.82. The van der Waals surface area contributed by atoms with E-state index in [0.29, 0.717) is 21.2 Å². The number of halogens is 4. The minimum absolute atomic E-state index is 0.161. The van der Waals surface area contributed by atoms with Gasteiger partial charge in [0.05, 0.1) is 6.61 Å². The monoisotopic (exact) mass is 323 g/mol. The van der Waals surface area contributed by atoms with E-state index in [1.807, 2.05) is 0 Å². The van der Waals surface area contributed by atoms with Crippen LogP contribution in [0.5, 0.6) is 5.75 Å². The zero-order valence-electron chi connectivity index (χ0n) is 10.9. The van der Waals surface area contributed by atoms with Crippen LogP contribution in [-0.4, -0.2) is 47.9 Å². The van der Waals surface area contributed by atoms with E-state index in [4.69, 9.17) is 21.4 Å². The van der Waals surface area contributed by atoms with Gasteiger partial charge in [-0.15, -0.1) is 0 Å². The van der Waals surface area contributed by atoms with Gasteiger partial charge in [0.15, 0.2) is 6.10 Å². The highest BCUT2D eigenvalue weighted by Crippen LogP contribution is 2.32. The number of hydrogen-bond acceptors (Lipinski definition) is 3. The highest BCUT2D eigenvalue weighted by molar-refractivity contribution is 6.30. The van der Waals surface area contributed by atoms with Gasteiger partial charge >= 0.3 is 6.18 Å². The Bertz CT molecular complexity index is 536. The van der Waals surface area contributed by atoms with Crippen molar-refractivity contribution in [2.24, 2.45) is 0 Å². The van der Waals surface area contributed by atoms with Gasteiger partial charge in [0.25, 0.3) is 5.91 Å². The van der Waals surface area contributed by atoms with Gasteiger partial charge in [0.2, 0.25) is 0 Å². The molecule has 1 atom stereocenters. The molecule has 1 aliphatic heterocycles. The second-order valence-corrected chi connectivity index (χ2v) is 5.10. The number of rotatable bonds is 4. The van der Waals surface area contributed by atoms with Crippen molar-refractivity contribution in [1.82, 2.24) is 4.90 Å². The lowest BCUT2D eigenvalue weighted by molar-refractivity contribution is -0.165. The molecule has 1 aromatic rings. The Labute approximate surface area is 124 Å². The summed E-state index contributed by atoms with van der Waals surface area (Å²) in [6.07, 6.45) is -5.39. The normalized spacial score (nSPS) is 17.3. The summed E-state index contributed by atoms with van der Waals surface area (Å²) in [5.74, 6) is -0.359. The maximum absolute atomic E-state index is 12.5. The molecule has 0 spiro atoms. The van der Waals surface area contributed by atoms with E-state index in [1.54, 1.807) is 18.2 Å². The molecular formula is C13H13ClF3NO3. The van der Waals surface area contributed by atoms with Crippen LogP contribution in [0.25, 0.3) is 0 Å². The summed E-state index contributed by atoms with van der Waals surface area (Å²) in [6, 6.07) is 4.77. The second kappa shape index (κ2) is 6.11. The largest absolute Gasteiger partial charge is 0.480 e. The van der Waals surface area contributed by atoms with Crippen LogP contribution >= 0.6 is 11.6 Å². The maximum Gasteiger partial charge on any atom is 0.406 e. The molecule has 2 rings (SSSR count). The summed E-state index contributed by atoms with van der Waals surface area (Å²) in [7, 11) is 0. The lowest BCUT2D eigenvalue weighted by Crippen LogP contribution is -2.46.